The van der Waals surface area contributed by atoms with Gasteiger partial charge >= 0.3 is 11.9 Å². The summed E-state index contributed by atoms with van der Waals surface area (Å²) in [5.41, 5.74) is 1.70. The third-order valence-corrected chi connectivity index (χ3v) is 7.12. The Labute approximate surface area is 160 Å². The summed E-state index contributed by atoms with van der Waals surface area (Å²) >= 11 is 0. The molecule has 0 saturated heterocycles. The number of hydrogen-bond donors (Lipinski definition) is 2. The molecule has 0 amide bonds. The zero-order valence-corrected chi connectivity index (χ0v) is 16.7. The summed E-state index contributed by atoms with van der Waals surface area (Å²) in [5.74, 6) is -2.65. The first-order valence-electron chi connectivity index (χ1n) is 9.73. The van der Waals surface area contributed by atoms with E-state index in [4.69, 9.17) is 9.47 Å². The van der Waals surface area contributed by atoms with Crippen molar-refractivity contribution in [2.75, 3.05) is 0 Å². The molecule has 0 aromatic carbocycles. The van der Waals surface area contributed by atoms with Crippen LogP contribution in [-0.4, -0.2) is 40.1 Å². The van der Waals surface area contributed by atoms with Crippen LogP contribution in [-0.2, 0) is 19.1 Å². The third kappa shape index (κ3) is 3.23. The lowest BCUT2D eigenvalue weighted by molar-refractivity contribution is -0.221. The summed E-state index contributed by atoms with van der Waals surface area (Å²) < 4.78 is 10.9. The number of carbonyl (C=O) groups excluding carboxylic acids is 2. The normalized spacial score (nSPS) is 41.7. The summed E-state index contributed by atoms with van der Waals surface area (Å²) in [4.78, 5) is 24.2. The van der Waals surface area contributed by atoms with Crippen LogP contribution >= 0.6 is 0 Å². The maximum absolute atomic E-state index is 12.2. The van der Waals surface area contributed by atoms with E-state index in [-0.39, 0.29) is 23.7 Å². The number of esters is 2. The van der Waals surface area contributed by atoms with Gasteiger partial charge in [-0.15, -0.1) is 0 Å². The maximum atomic E-state index is 12.2. The van der Waals surface area contributed by atoms with E-state index in [2.05, 4.69) is 6.92 Å². The molecule has 0 unspecified atom stereocenters. The number of aliphatic hydroxyl groups is 2. The molecule has 2 fully saturated rings. The highest BCUT2D eigenvalue weighted by Crippen LogP contribution is 2.59. The predicted molar refractivity (Wildman–Crippen MR) is 98.3 cm³/mol. The Morgan fingerprint density at radius 3 is 2.74 bits per heavy atom. The van der Waals surface area contributed by atoms with Gasteiger partial charge in [-0.2, -0.15) is 0 Å². The molecule has 2 N–H and O–H groups in total. The first-order valence-corrected chi connectivity index (χ1v) is 9.73. The van der Waals surface area contributed by atoms with Gasteiger partial charge in [0.2, 0.25) is 5.79 Å². The number of hydrogen-bond acceptors (Lipinski definition) is 6. The zero-order chi connectivity index (χ0) is 20.1. The molecule has 3 rings (SSSR count). The van der Waals surface area contributed by atoms with E-state index in [9.17, 15) is 19.8 Å². The average molecular weight is 378 g/mol. The fourth-order valence-corrected chi connectivity index (χ4v) is 4.91. The Hall–Kier alpha value is -1.66. The second-order valence-corrected chi connectivity index (χ2v) is 8.70. The molecule has 0 aromatic heterocycles. The van der Waals surface area contributed by atoms with Gasteiger partial charge in [0.1, 0.15) is 6.10 Å². The van der Waals surface area contributed by atoms with Crippen molar-refractivity contribution >= 4 is 11.9 Å². The number of allylic oxidation sites excluding steroid dienone is 1. The van der Waals surface area contributed by atoms with Gasteiger partial charge in [0, 0.05) is 29.6 Å². The van der Waals surface area contributed by atoms with E-state index >= 15 is 0 Å². The summed E-state index contributed by atoms with van der Waals surface area (Å²) in [6.45, 7) is 9.57. The minimum Gasteiger partial charge on any atom is -0.456 e. The SMILES string of the molecule is CC/C(C)=C/C(=O)O[C@H]1[C@@H](O)C[C@@H]2C[C@]3(O)OC(=O)C(C)=C3C[C@]2(C)[C@H]1C. The Kier molecular flexibility index (Phi) is 5.02. The van der Waals surface area contributed by atoms with Crippen LogP contribution in [0, 0.1) is 17.3 Å². The van der Waals surface area contributed by atoms with E-state index in [1.54, 1.807) is 6.92 Å². The molecule has 1 heterocycles. The van der Waals surface area contributed by atoms with Crippen molar-refractivity contribution in [3.63, 3.8) is 0 Å². The van der Waals surface area contributed by atoms with E-state index in [1.165, 1.54) is 6.08 Å². The van der Waals surface area contributed by atoms with Crippen molar-refractivity contribution in [2.45, 2.75) is 78.3 Å². The van der Waals surface area contributed by atoms with Gasteiger partial charge < -0.3 is 19.7 Å². The van der Waals surface area contributed by atoms with Crippen molar-refractivity contribution in [1.82, 2.24) is 0 Å². The standard InChI is InChI=1S/C21H30O6/c1-6-11(2)7-17(23)26-18-13(4)20(5)10-15-12(3)19(24)27-21(15,25)9-14(20)8-16(18)22/h7,13-14,16,18,22,25H,6,8-10H2,1-5H3/b11-7+/t13-,14+,16-,18+,20+,21-/m0/s1. The average Bonchev–Trinajstić information content (AvgIpc) is 2.80. The Morgan fingerprint density at radius 2 is 2.11 bits per heavy atom. The molecule has 0 bridgehead atoms. The fraction of sp³-hybridized carbons (Fsp3) is 0.714. The van der Waals surface area contributed by atoms with Crippen LogP contribution in [0.4, 0.5) is 0 Å². The summed E-state index contributed by atoms with van der Waals surface area (Å²) in [6.07, 6.45) is 1.94. The second-order valence-electron chi connectivity index (χ2n) is 8.70. The lowest BCUT2D eigenvalue weighted by Gasteiger charge is -2.55. The van der Waals surface area contributed by atoms with E-state index in [1.807, 2.05) is 20.8 Å². The molecule has 0 aromatic rings. The van der Waals surface area contributed by atoms with Crippen molar-refractivity contribution < 1.29 is 29.3 Å². The van der Waals surface area contributed by atoms with Crippen LogP contribution in [0.15, 0.2) is 22.8 Å². The van der Waals surface area contributed by atoms with Crippen molar-refractivity contribution in [1.29, 1.82) is 0 Å². The number of carbonyl (C=O) groups is 2. The molecule has 2 aliphatic carbocycles. The van der Waals surface area contributed by atoms with Crippen LogP contribution in [0.25, 0.3) is 0 Å². The molecule has 6 atom stereocenters. The Balaban J connectivity index is 1.87. The number of ether oxygens (including phenoxy) is 2. The first kappa shape index (κ1) is 20.1. The first-order chi connectivity index (χ1) is 12.5. The van der Waals surface area contributed by atoms with Gasteiger partial charge in [-0.25, -0.2) is 9.59 Å². The van der Waals surface area contributed by atoms with Crippen molar-refractivity contribution in [2.24, 2.45) is 17.3 Å². The van der Waals surface area contributed by atoms with E-state index in [0.717, 1.165) is 12.0 Å². The molecule has 6 nitrogen and oxygen atoms in total. The highest BCUT2D eigenvalue weighted by atomic mass is 16.7. The highest BCUT2D eigenvalue weighted by molar-refractivity contribution is 5.92. The van der Waals surface area contributed by atoms with Crippen LogP contribution in [0.5, 0.6) is 0 Å². The number of aliphatic hydroxyl groups excluding tert-OH is 1. The molecular formula is C21H30O6. The molecule has 0 radical (unpaired) electrons. The van der Waals surface area contributed by atoms with Crippen molar-refractivity contribution in [3.8, 4) is 0 Å². The van der Waals surface area contributed by atoms with E-state index < -0.39 is 29.9 Å². The lowest BCUT2D eigenvalue weighted by Crippen LogP contribution is -2.58. The quantitative estimate of drug-likeness (QED) is 0.579. The predicted octanol–water partition coefficient (Wildman–Crippen LogP) is 2.63. The largest absolute Gasteiger partial charge is 0.456 e. The van der Waals surface area contributed by atoms with Gasteiger partial charge in [-0.05, 0) is 44.4 Å². The molecule has 3 aliphatic rings. The van der Waals surface area contributed by atoms with E-state index in [0.29, 0.717) is 24.0 Å². The smallest absolute Gasteiger partial charge is 0.336 e. The fourth-order valence-electron chi connectivity index (χ4n) is 4.91. The summed E-state index contributed by atoms with van der Waals surface area (Å²) in [6, 6.07) is 0. The van der Waals surface area contributed by atoms with Crippen LogP contribution in [0.3, 0.4) is 0 Å². The maximum Gasteiger partial charge on any atom is 0.336 e. The molecular weight excluding hydrogens is 348 g/mol. The molecule has 2 saturated carbocycles. The van der Waals surface area contributed by atoms with Crippen LogP contribution in [0.1, 0.15) is 60.3 Å². The molecule has 6 heteroatoms. The summed E-state index contributed by atoms with van der Waals surface area (Å²) in [5, 5.41) is 21.5. The topological polar surface area (TPSA) is 93.1 Å². The summed E-state index contributed by atoms with van der Waals surface area (Å²) in [7, 11) is 0. The molecule has 1 aliphatic heterocycles. The molecule has 150 valence electrons. The zero-order valence-electron chi connectivity index (χ0n) is 16.7. The molecule has 0 spiro atoms. The second kappa shape index (κ2) is 6.74. The van der Waals surface area contributed by atoms with Crippen molar-refractivity contribution in [3.05, 3.63) is 22.8 Å². The number of rotatable bonds is 3. The highest BCUT2D eigenvalue weighted by Gasteiger charge is 2.61. The minimum atomic E-state index is -1.56. The van der Waals surface area contributed by atoms with Gasteiger partial charge in [0.25, 0.3) is 0 Å². The third-order valence-electron chi connectivity index (χ3n) is 7.12. The van der Waals surface area contributed by atoms with Crippen LogP contribution < -0.4 is 0 Å². The Bertz CT molecular complexity index is 722. The number of fused-ring (bicyclic) bond motifs is 2. The van der Waals surface area contributed by atoms with Gasteiger partial charge in [-0.1, -0.05) is 26.3 Å². The molecule has 27 heavy (non-hydrogen) atoms. The van der Waals surface area contributed by atoms with Crippen LogP contribution in [0.2, 0.25) is 0 Å². The Morgan fingerprint density at radius 1 is 1.44 bits per heavy atom. The minimum absolute atomic E-state index is 0.0437. The lowest BCUT2D eigenvalue weighted by atomic mass is 9.52. The van der Waals surface area contributed by atoms with Gasteiger partial charge in [-0.3, -0.25) is 0 Å². The van der Waals surface area contributed by atoms with Gasteiger partial charge in [0.05, 0.1) is 6.10 Å². The van der Waals surface area contributed by atoms with Gasteiger partial charge in [0.15, 0.2) is 0 Å². The monoisotopic (exact) mass is 378 g/mol.